The van der Waals surface area contributed by atoms with Crippen LogP contribution >= 0.6 is 24.0 Å². The van der Waals surface area contributed by atoms with Gasteiger partial charge in [-0.25, -0.2) is 0 Å². The van der Waals surface area contributed by atoms with Crippen molar-refractivity contribution in [3.8, 4) is 0 Å². The van der Waals surface area contributed by atoms with Gasteiger partial charge in [-0.2, -0.15) is 0 Å². The van der Waals surface area contributed by atoms with Crippen molar-refractivity contribution in [3.63, 3.8) is 0 Å². The third kappa shape index (κ3) is 8.21. The molecule has 1 rings (SSSR count). The fourth-order valence-electron chi connectivity index (χ4n) is 2.50. The summed E-state index contributed by atoms with van der Waals surface area (Å²) in [7, 11) is 1.84. The number of halogens is 1. The summed E-state index contributed by atoms with van der Waals surface area (Å²) in [5, 5.41) is 6.79. The van der Waals surface area contributed by atoms with E-state index in [9.17, 15) is 0 Å². The van der Waals surface area contributed by atoms with E-state index in [1.165, 1.54) is 45.6 Å². The van der Waals surface area contributed by atoms with Crippen LogP contribution in [-0.2, 0) is 0 Å². The number of nitrogens with one attached hydrogen (secondary N) is 2. The first kappa shape index (κ1) is 20.9. The van der Waals surface area contributed by atoms with Crippen LogP contribution < -0.4 is 10.6 Å². The highest BCUT2D eigenvalue weighted by atomic mass is 127. The van der Waals surface area contributed by atoms with Crippen molar-refractivity contribution < 1.29 is 0 Å². The van der Waals surface area contributed by atoms with E-state index in [0.717, 1.165) is 19.0 Å². The molecule has 0 radical (unpaired) electrons. The van der Waals surface area contributed by atoms with Gasteiger partial charge in [0.1, 0.15) is 0 Å². The molecule has 1 aliphatic rings. The minimum Gasteiger partial charge on any atom is -0.356 e. The molecule has 0 aromatic heterocycles. The van der Waals surface area contributed by atoms with Crippen LogP contribution in [0.15, 0.2) is 4.99 Å². The van der Waals surface area contributed by atoms with Gasteiger partial charge in [0.15, 0.2) is 5.96 Å². The number of piperazine rings is 1. The molecule has 0 spiro atoms. The van der Waals surface area contributed by atoms with Crippen LogP contribution in [0.2, 0.25) is 0 Å². The SMILES string of the molecule is CCCCNC(=NC)NCC(C)N1CCN(CC)CC1.I. The molecule has 21 heavy (non-hydrogen) atoms. The zero-order valence-corrected chi connectivity index (χ0v) is 16.5. The van der Waals surface area contributed by atoms with Crippen molar-refractivity contribution in [2.45, 2.75) is 39.7 Å². The largest absolute Gasteiger partial charge is 0.356 e. The summed E-state index contributed by atoms with van der Waals surface area (Å²) >= 11 is 0. The molecule has 1 aliphatic heterocycles. The second-order valence-corrected chi connectivity index (χ2v) is 5.55. The molecule has 1 unspecified atom stereocenters. The molecular weight excluding hydrogens is 377 g/mol. The lowest BCUT2D eigenvalue weighted by molar-refractivity contribution is 0.107. The summed E-state index contributed by atoms with van der Waals surface area (Å²) in [6.45, 7) is 14.6. The lowest BCUT2D eigenvalue weighted by atomic mass is 10.2. The maximum atomic E-state index is 4.27. The minimum atomic E-state index is 0. The Labute approximate surface area is 148 Å². The first-order valence-electron chi connectivity index (χ1n) is 8.12. The minimum absolute atomic E-state index is 0. The quantitative estimate of drug-likeness (QED) is 0.289. The summed E-state index contributed by atoms with van der Waals surface area (Å²) in [4.78, 5) is 9.35. The first-order valence-corrected chi connectivity index (χ1v) is 8.12. The van der Waals surface area contributed by atoms with E-state index in [4.69, 9.17) is 0 Å². The Morgan fingerprint density at radius 3 is 2.33 bits per heavy atom. The molecular formula is C15H34IN5. The molecule has 1 atom stereocenters. The number of nitrogens with zero attached hydrogens (tertiary/aromatic N) is 3. The van der Waals surface area contributed by atoms with Gasteiger partial charge in [-0.1, -0.05) is 20.3 Å². The van der Waals surface area contributed by atoms with Crippen molar-refractivity contribution in [1.29, 1.82) is 0 Å². The van der Waals surface area contributed by atoms with E-state index < -0.39 is 0 Å². The lowest BCUT2D eigenvalue weighted by Gasteiger charge is -2.37. The number of unbranched alkanes of at least 4 members (excludes halogenated alkanes) is 1. The smallest absolute Gasteiger partial charge is 0.191 e. The van der Waals surface area contributed by atoms with Crippen molar-refractivity contribution in [2.24, 2.45) is 4.99 Å². The highest BCUT2D eigenvalue weighted by Gasteiger charge is 2.19. The second kappa shape index (κ2) is 12.5. The molecule has 126 valence electrons. The summed E-state index contributed by atoms with van der Waals surface area (Å²) in [6, 6.07) is 0.554. The molecule has 1 saturated heterocycles. The molecule has 1 heterocycles. The van der Waals surface area contributed by atoms with Crippen LogP contribution in [0.5, 0.6) is 0 Å². The molecule has 1 fully saturated rings. The lowest BCUT2D eigenvalue weighted by Crippen LogP contribution is -2.53. The van der Waals surface area contributed by atoms with Crippen LogP contribution in [0.4, 0.5) is 0 Å². The number of rotatable bonds is 7. The van der Waals surface area contributed by atoms with Crippen molar-refractivity contribution >= 4 is 29.9 Å². The molecule has 0 amide bonds. The van der Waals surface area contributed by atoms with E-state index in [-0.39, 0.29) is 24.0 Å². The molecule has 5 nitrogen and oxygen atoms in total. The van der Waals surface area contributed by atoms with Gasteiger partial charge in [0.05, 0.1) is 0 Å². The number of hydrogen-bond acceptors (Lipinski definition) is 3. The van der Waals surface area contributed by atoms with Crippen LogP contribution in [0.3, 0.4) is 0 Å². The Bertz CT molecular complexity index is 277. The van der Waals surface area contributed by atoms with Gasteiger partial charge in [0.2, 0.25) is 0 Å². The molecule has 0 aliphatic carbocycles. The molecule has 0 bridgehead atoms. The van der Waals surface area contributed by atoms with Crippen LogP contribution in [-0.4, -0.2) is 74.7 Å². The summed E-state index contributed by atoms with van der Waals surface area (Å²) in [6.07, 6.45) is 2.40. The van der Waals surface area contributed by atoms with E-state index in [2.05, 4.69) is 46.2 Å². The van der Waals surface area contributed by atoms with Gasteiger partial charge < -0.3 is 15.5 Å². The number of hydrogen-bond donors (Lipinski definition) is 2. The van der Waals surface area contributed by atoms with Gasteiger partial charge in [-0.15, -0.1) is 24.0 Å². The zero-order chi connectivity index (χ0) is 14.8. The number of guanidine groups is 1. The molecule has 0 aromatic carbocycles. The fourth-order valence-corrected chi connectivity index (χ4v) is 2.50. The normalized spacial score (nSPS) is 19.0. The maximum absolute atomic E-state index is 4.27. The molecule has 0 saturated carbocycles. The average Bonchev–Trinajstić information content (AvgIpc) is 2.50. The number of aliphatic imine (C=N–C) groups is 1. The second-order valence-electron chi connectivity index (χ2n) is 5.55. The Kier molecular flexibility index (Phi) is 12.4. The topological polar surface area (TPSA) is 42.9 Å². The summed E-state index contributed by atoms with van der Waals surface area (Å²) < 4.78 is 0. The molecule has 2 N–H and O–H groups in total. The predicted octanol–water partition coefficient (Wildman–Crippen LogP) is 1.60. The Morgan fingerprint density at radius 2 is 1.81 bits per heavy atom. The first-order chi connectivity index (χ1) is 9.71. The van der Waals surface area contributed by atoms with Gasteiger partial charge in [-0.3, -0.25) is 9.89 Å². The van der Waals surface area contributed by atoms with E-state index >= 15 is 0 Å². The Balaban J connectivity index is 0.00000400. The van der Waals surface area contributed by atoms with E-state index in [1.54, 1.807) is 0 Å². The van der Waals surface area contributed by atoms with E-state index in [1.807, 2.05) is 7.05 Å². The van der Waals surface area contributed by atoms with Crippen LogP contribution in [0.25, 0.3) is 0 Å². The monoisotopic (exact) mass is 411 g/mol. The Morgan fingerprint density at radius 1 is 1.14 bits per heavy atom. The Hall–Kier alpha value is -0.0800. The van der Waals surface area contributed by atoms with Gasteiger partial charge in [0.25, 0.3) is 0 Å². The zero-order valence-electron chi connectivity index (χ0n) is 14.2. The number of likely N-dealkylation sites (N-methyl/N-ethyl adjacent to an activating group) is 1. The van der Waals surface area contributed by atoms with Gasteiger partial charge in [0, 0.05) is 52.4 Å². The average molecular weight is 411 g/mol. The third-order valence-electron chi connectivity index (χ3n) is 4.09. The van der Waals surface area contributed by atoms with E-state index in [0.29, 0.717) is 6.04 Å². The summed E-state index contributed by atoms with van der Waals surface area (Å²) in [5.74, 6) is 0.928. The highest BCUT2D eigenvalue weighted by molar-refractivity contribution is 14.0. The summed E-state index contributed by atoms with van der Waals surface area (Å²) in [5.41, 5.74) is 0. The van der Waals surface area contributed by atoms with Gasteiger partial charge >= 0.3 is 0 Å². The van der Waals surface area contributed by atoms with Crippen molar-refractivity contribution in [3.05, 3.63) is 0 Å². The van der Waals surface area contributed by atoms with Crippen molar-refractivity contribution in [1.82, 2.24) is 20.4 Å². The third-order valence-corrected chi connectivity index (χ3v) is 4.09. The van der Waals surface area contributed by atoms with Crippen molar-refractivity contribution in [2.75, 3.05) is 52.9 Å². The van der Waals surface area contributed by atoms with Gasteiger partial charge in [-0.05, 0) is 19.9 Å². The highest BCUT2D eigenvalue weighted by Crippen LogP contribution is 2.05. The molecule has 6 heteroatoms. The van der Waals surface area contributed by atoms with Crippen LogP contribution in [0, 0.1) is 0 Å². The fraction of sp³-hybridized carbons (Fsp3) is 0.933. The maximum Gasteiger partial charge on any atom is 0.191 e. The van der Waals surface area contributed by atoms with Crippen LogP contribution in [0.1, 0.15) is 33.6 Å². The predicted molar refractivity (Wildman–Crippen MR) is 103 cm³/mol. The molecule has 0 aromatic rings. The standard InChI is InChI=1S/C15H33N5.HI/c1-5-7-8-17-15(16-4)18-13-14(3)20-11-9-19(6-2)10-12-20;/h14H,5-13H2,1-4H3,(H2,16,17,18);1H.